The largest absolute Gasteiger partial charge is 0.494 e. The number of nitriles is 2. The van der Waals surface area contributed by atoms with Crippen LogP contribution >= 0.6 is 0 Å². The van der Waals surface area contributed by atoms with Gasteiger partial charge in [-0.05, 0) is 43.3 Å². The quantitative estimate of drug-likeness (QED) is 0.915. The minimum absolute atomic E-state index is 0.443. The number of para-hydroxylation sites is 1. The second kappa shape index (κ2) is 6.26. The topological polar surface area (TPSA) is 68.8 Å². The van der Waals surface area contributed by atoms with E-state index in [9.17, 15) is 0 Å². The number of anilines is 2. The fourth-order valence-electron chi connectivity index (χ4n) is 1.82. The molecule has 1 N–H and O–H groups in total. The Labute approximate surface area is 117 Å². The van der Waals surface area contributed by atoms with E-state index in [0.29, 0.717) is 23.4 Å². The summed E-state index contributed by atoms with van der Waals surface area (Å²) in [4.78, 5) is 0. The predicted molar refractivity (Wildman–Crippen MR) is 76.8 cm³/mol. The Hall–Kier alpha value is -2.98. The Morgan fingerprint density at radius 2 is 1.60 bits per heavy atom. The predicted octanol–water partition coefficient (Wildman–Crippen LogP) is 3.57. The van der Waals surface area contributed by atoms with Gasteiger partial charge in [0, 0.05) is 5.69 Å². The molecule has 20 heavy (non-hydrogen) atoms. The highest BCUT2D eigenvalue weighted by atomic mass is 16.5. The number of rotatable bonds is 4. The van der Waals surface area contributed by atoms with Crippen LogP contribution in [0.3, 0.4) is 0 Å². The molecule has 0 radical (unpaired) electrons. The lowest BCUT2D eigenvalue weighted by Crippen LogP contribution is -1.97. The van der Waals surface area contributed by atoms with Gasteiger partial charge in [0.05, 0.1) is 23.4 Å². The fraction of sp³-hybridized carbons (Fsp3) is 0.125. The van der Waals surface area contributed by atoms with Crippen LogP contribution in [0.5, 0.6) is 5.75 Å². The Kier molecular flexibility index (Phi) is 4.21. The van der Waals surface area contributed by atoms with Crippen molar-refractivity contribution in [2.24, 2.45) is 0 Å². The molecule has 2 aromatic rings. The molecule has 0 aromatic heterocycles. The second-order valence-electron chi connectivity index (χ2n) is 4.03. The maximum absolute atomic E-state index is 9.11. The van der Waals surface area contributed by atoms with Crippen molar-refractivity contribution < 1.29 is 4.74 Å². The zero-order valence-corrected chi connectivity index (χ0v) is 11.1. The van der Waals surface area contributed by atoms with Gasteiger partial charge in [0.15, 0.2) is 0 Å². The number of hydrogen-bond acceptors (Lipinski definition) is 4. The fourth-order valence-corrected chi connectivity index (χ4v) is 1.82. The first-order valence-electron chi connectivity index (χ1n) is 6.21. The van der Waals surface area contributed by atoms with E-state index in [1.54, 1.807) is 18.2 Å². The Bertz CT molecular complexity index is 646. The molecule has 0 amide bonds. The molecule has 0 atom stereocenters. The van der Waals surface area contributed by atoms with E-state index in [-0.39, 0.29) is 0 Å². The van der Waals surface area contributed by atoms with Crippen molar-refractivity contribution in [1.29, 1.82) is 10.5 Å². The summed E-state index contributed by atoms with van der Waals surface area (Å²) in [5.74, 6) is 0.784. The summed E-state index contributed by atoms with van der Waals surface area (Å²) in [5, 5.41) is 21.3. The summed E-state index contributed by atoms with van der Waals surface area (Å²) in [6.07, 6.45) is 0. The average Bonchev–Trinajstić information content (AvgIpc) is 2.49. The first-order valence-corrected chi connectivity index (χ1v) is 6.21. The van der Waals surface area contributed by atoms with Crippen LogP contribution in [-0.2, 0) is 0 Å². The van der Waals surface area contributed by atoms with Gasteiger partial charge in [-0.2, -0.15) is 10.5 Å². The van der Waals surface area contributed by atoms with Crippen LogP contribution in [0.2, 0.25) is 0 Å². The molecule has 0 aliphatic heterocycles. The molecule has 2 rings (SSSR count). The van der Waals surface area contributed by atoms with Gasteiger partial charge in [-0.1, -0.05) is 6.07 Å². The summed E-state index contributed by atoms with van der Waals surface area (Å²) in [5.41, 5.74) is 2.21. The van der Waals surface area contributed by atoms with Crippen LogP contribution in [0.4, 0.5) is 11.4 Å². The SMILES string of the molecule is CCOc1ccc(Nc2c(C#N)cccc2C#N)cc1. The molecule has 0 aliphatic carbocycles. The van der Waals surface area contributed by atoms with Crippen LogP contribution in [0.1, 0.15) is 18.1 Å². The van der Waals surface area contributed by atoms with Crippen LogP contribution in [0.25, 0.3) is 0 Å². The van der Waals surface area contributed by atoms with E-state index in [1.807, 2.05) is 31.2 Å². The summed E-state index contributed by atoms with van der Waals surface area (Å²) < 4.78 is 5.37. The highest BCUT2D eigenvalue weighted by Gasteiger charge is 2.08. The highest BCUT2D eigenvalue weighted by molar-refractivity contribution is 5.73. The standard InChI is InChI=1S/C16H13N3O/c1-2-20-15-8-6-14(7-9-15)19-16-12(10-17)4-3-5-13(16)11-18/h3-9,19H,2H2,1H3. The van der Waals surface area contributed by atoms with Crippen molar-refractivity contribution in [3.05, 3.63) is 53.6 Å². The number of benzene rings is 2. The van der Waals surface area contributed by atoms with Crippen molar-refractivity contribution in [3.63, 3.8) is 0 Å². The maximum atomic E-state index is 9.11. The van der Waals surface area contributed by atoms with Crippen molar-refractivity contribution in [2.45, 2.75) is 6.92 Å². The third-order valence-electron chi connectivity index (χ3n) is 2.74. The zero-order valence-electron chi connectivity index (χ0n) is 11.1. The van der Waals surface area contributed by atoms with E-state index in [0.717, 1.165) is 11.4 Å². The molecule has 0 saturated carbocycles. The van der Waals surface area contributed by atoms with Gasteiger partial charge in [0.25, 0.3) is 0 Å². The zero-order chi connectivity index (χ0) is 14.4. The van der Waals surface area contributed by atoms with Gasteiger partial charge in [-0.3, -0.25) is 0 Å². The van der Waals surface area contributed by atoms with Gasteiger partial charge in [0.2, 0.25) is 0 Å². The molecule has 0 saturated heterocycles. The molecule has 4 heteroatoms. The van der Waals surface area contributed by atoms with Gasteiger partial charge in [0.1, 0.15) is 17.9 Å². The van der Waals surface area contributed by atoms with Crippen molar-refractivity contribution in [2.75, 3.05) is 11.9 Å². The molecule has 0 spiro atoms. The smallest absolute Gasteiger partial charge is 0.119 e. The molecule has 0 fully saturated rings. The minimum atomic E-state index is 0.443. The number of hydrogen-bond donors (Lipinski definition) is 1. The second-order valence-corrected chi connectivity index (χ2v) is 4.03. The number of ether oxygens (including phenoxy) is 1. The molecule has 2 aromatic carbocycles. The minimum Gasteiger partial charge on any atom is -0.494 e. The van der Waals surface area contributed by atoms with E-state index in [2.05, 4.69) is 17.5 Å². The molecule has 0 heterocycles. The summed E-state index contributed by atoms with van der Waals surface area (Å²) in [6.45, 7) is 2.54. The van der Waals surface area contributed by atoms with Crippen molar-refractivity contribution >= 4 is 11.4 Å². The Morgan fingerprint density at radius 3 is 2.10 bits per heavy atom. The van der Waals surface area contributed by atoms with Crippen LogP contribution < -0.4 is 10.1 Å². The first kappa shape index (κ1) is 13.5. The molecule has 0 bridgehead atoms. The lowest BCUT2D eigenvalue weighted by Gasteiger charge is -2.10. The summed E-state index contributed by atoms with van der Waals surface area (Å²) >= 11 is 0. The monoisotopic (exact) mass is 263 g/mol. The van der Waals surface area contributed by atoms with Crippen LogP contribution in [-0.4, -0.2) is 6.61 Å². The molecule has 98 valence electrons. The lowest BCUT2D eigenvalue weighted by atomic mass is 10.1. The van der Waals surface area contributed by atoms with Crippen LogP contribution in [0, 0.1) is 22.7 Å². The van der Waals surface area contributed by atoms with E-state index in [4.69, 9.17) is 15.3 Å². The van der Waals surface area contributed by atoms with Gasteiger partial charge in [-0.15, -0.1) is 0 Å². The number of nitrogens with zero attached hydrogens (tertiary/aromatic N) is 2. The van der Waals surface area contributed by atoms with E-state index in [1.165, 1.54) is 0 Å². The van der Waals surface area contributed by atoms with Gasteiger partial charge < -0.3 is 10.1 Å². The molecule has 0 aliphatic rings. The van der Waals surface area contributed by atoms with Crippen molar-refractivity contribution in [3.8, 4) is 17.9 Å². The summed E-state index contributed by atoms with van der Waals surface area (Å²) in [6, 6.07) is 16.6. The third-order valence-corrected chi connectivity index (χ3v) is 2.74. The number of nitrogens with one attached hydrogen (secondary N) is 1. The molecular formula is C16H13N3O. The normalized spacial score (nSPS) is 9.35. The Morgan fingerprint density at radius 1 is 1.00 bits per heavy atom. The van der Waals surface area contributed by atoms with E-state index >= 15 is 0 Å². The molecule has 4 nitrogen and oxygen atoms in total. The molecular weight excluding hydrogens is 250 g/mol. The maximum Gasteiger partial charge on any atom is 0.119 e. The third kappa shape index (κ3) is 2.88. The lowest BCUT2D eigenvalue weighted by molar-refractivity contribution is 0.340. The van der Waals surface area contributed by atoms with Crippen molar-refractivity contribution in [1.82, 2.24) is 0 Å². The summed E-state index contributed by atoms with van der Waals surface area (Å²) in [7, 11) is 0. The van der Waals surface area contributed by atoms with Gasteiger partial charge in [-0.25, -0.2) is 0 Å². The van der Waals surface area contributed by atoms with Gasteiger partial charge >= 0.3 is 0 Å². The Balaban J connectivity index is 2.30. The van der Waals surface area contributed by atoms with E-state index < -0.39 is 0 Å². The first-order chi connectivity index (χ1) is 9.78. The average molecular weight is 263 g/mol. The highest BCUT2D eigenvalue weighted by Crippen LogP contribution is 2.25. The molecule has 0 unspecified atom stereocenters. The van der Waals surface area contributed by atoms with Crippen LogP contribution in [0.15, 0.2) is 42.5 Å².